The average molecular weight is 307 g/mol. The first kappa shape index (κ1) is 15.5. The SMILES string of the molecule is CC(SCc1ccccc1)C(=O)Nc1c(F)cccc1F. The van der Waals surface area contributed by atoms with Gasteiger partial charge in [-0.15, -0.1) is 11.8 Å². The predicted molar refractivity (Wildman–Crippen MR) is 82.2 cm³/mol. The second kappa shape index (κ2) is 7.22. The normalized spacial score (nSPS) is 12.0. The molecule has 1 amide bonds. The highest BCUT2D eigenvalue weighted by Crippen LogP contribution is 2.22. The fourth-order valence-electron chi connectivity index (χ4n) is 1.71. The highest BCUT2D eigenvalue weighted by Gasteiger charge is 2.17. The topological polar surface area (TPSA) is 29.1 Å². The molecule has 110 valence electrons. The quantitative estimate of drug-likeness (QED) is 0.896. The van der Waals surface area contributed by atoms with E-state index in [1.54, 1.807) is 6.92 Å². The highest BCUT2D eigenvalue weighted by atomic mass is 32.2. The lowest BCUT2D eigenvalue weighted by Crippen LogP contribution is -2.23. The maximum Gasteiger partial charge on any atom is 0.237 e. The summed E-state index contributed by atoms with van der Waals surface area (Å²) in [6, 6.07) is 13.2. The third kappa shape index (κ3) is 4.29. The van der Waals surface area contributed by atoms with E-state index in [1.807, 2.05) is 30.3 Å². The molecule has 21 heavy (non-hydrogen) atoms. The van der Waals surface area contributed by atoms with Crippen molar-refractivity contribution in [3.63, 3.8) is 0 Å². The molecular formula is C16H15F2NOS. The Hall–Kier alpha value is -1.88. The molecule has 0 fully saturated rings. The third-order valence-corrected chi connectivity index (χ3v) is 4.14. The van der Waals surface area contributed by atoms with Crippen molar-refractivity contribution in [2.24, 2.45) is 0 Å². The Labute approximate surface area is 126 Å². The Morgan fingerprint density at radius 2 is 1.71 bits per heavy atom. The Bertz CT molecular complexity index is 599. The molecule has 1 N–H and O–H groups in total. The Balaban J connectivity index is 1.94. The minimum atomic E-state index is -0.774. The summed E-state index contributed by atoms with van der Waals surface area (Å²) in [5.41, 5.74) is 0.703. The molecule has 0 saturated carbocycles. The summed E-state index contributed by atoms with van der Waals surface area (Å²) in [6.45, 7) is 1.71. The van der Waals surface area contributed by atoms with Gasteiger partial charge in [-0.1, -0.05) is 36.4 Å². The van der Waals surface area contributed by atoms with Crippen molar-refractivity contribution in [1.82, 2.24) is 0 Å². The summed E-state index contributed by atoms with van der Waals surface area (Å²) >= 11 is 1.41. The van der Waals surface area contributed by atoms with Crippen LogP contribution in [0.15, 0.2) is 48.5 Å². The lowest BCUT2D eigenvalue weighted by Gasteiger charge is -2.13. The fourth-order valence-corrected chi connectivity index (χ4v) is 2.56. The lowest BCUT2D eigenvalue weighted by molar-refractivity contribution is -0.115. The zero-order chi connectivity index (χ0) is 15.2. The van der Waals surface area contributed by atoms with Crippen LogP contribution in [0.25, 0.3) is 0 Å². The van der Waals surface area contributed by atoms with Gasteiger partial charge in [0.05, 0.1) is 5.25 Å². The molecule has 2 rings (SSSR count). The number of hydrogen-bond donors (Lipinski definition) is 1. The first-order valence-corrected chi connectivity index (χ1v) is 7.53. The van der Waals surface area contributed by atoms with Crippen molar-refractivity contribution in [3.05, 3.63) is 65.7 Å². The number of carbonyl (C=O) groups excluding carboxylic acids is 1. The smallest absolute Gasteiger partial charge is 0.237 e. The summed E-state index contributed by atoms with van der Waals surface area (Å²) < 4.78 is 26.9. The third-order valence-electron chi connectivity index (χ3n) is 2.92. The van der Waals surface area contributed by atoms with Crippen molar-refractivity contribution in [1.29, 1.82) is 0 Å². The number of halogens is 2. The minimum Gasteiger partial charge on any atom is -0.320 e. The van der Waals surface area contributed by atoms with Crippen LogP contribution in [0.2, 0.25) is 0 Å². The molecule has 0 heterocycles. The van der Waals surface area contributed by atoms with Gasteiger partial charge in [0.1, 0.15) is 17.3 Å². The van der Waals surface area contributed by atoms with Gasteiger partial charge < -0.3 is 5.32 Å². The molecule has 1 unspecified atom stereocenters. The maximum absolute atomic E-state index is 13.5. The van der Waals surface area contributed by atoms with Crippen molar-refractivity contribution in [3.8, 4) is 0 Å². The van der Waals surface area contributed by atoms with E-state index in [2.05, 4.69) is 5.32 Å². The van der Waals surface area contributed by atoms with E-state index in [0.29, 0.717) is 5.75 Å². The first-order valence-electron chi connectivity index (χ1n) is 6.48. The molecule has 0 aromatic heterocycles. The Kier molecular flexibility index (Phi) is 5.33. The monoisotopic (exact) mass is 307 g/mol. The van der Waals surface area contributed by atoms with Gasteiger partial charge in [-0.05, 0) is 24.6 Å². The van der Waals surface area contributed by atoms with Gasteiger partial charge in [-0.25, -0.2) is 8.78 Å². The predicted octanol–water partition coefficient (Wildman–Crippen LogP) is 4.23. The summed E-state index contributed by atoms with van der Waals surface area (Å²) in [5.74, 6) is -1.30. The van der Waals surface area contributed by atoms with E-state index >= 15 is 0 Å². The van der Waals surface area contributed by atoms with Crippen LogP contribution >= 0.6 is 11.8 Å². The van der Waals surface area contributed by atoms with Crippen molar-refractivity contribution in [2.75, 3.05) is 5.32 Å². The first-order chi connectivity index (χ1) is 10.1. The molecule has 0 bridgehead atoms. The number of amides is 1. The molecule has 5 heteroatoms. The number of anilines is 1. The Morgan fingerprint density at radius 1 is 1.10 bits per heavy atom. The molecule has 0 radical (unpaired) electrons. The summed E-state index contributed by atoms with van der Waals surface area (Å²) in [5, 5.41) is 1.89. The summed E-state index contributed by atoms with van der Waals surface area (Å²) in [7, 11) is 0. The van der Waals surface area contributed by atoms with Crippen LogP contribution in [0, 0.1) is 11.6 Å². The van der Waals surface area contributed by atoms with Crippen LogP contribution in [0.3, 0.4) is 0 Å². The minimum absolute atomic E-state index is 0.394. The van der Waals surface area contributed by atoms with Gasteiger partial charge >= 0.3 is 0 Å². The summed E-state index contributed by atoms with van der Waals surface area (Å²) in [4.78, 5) is 12.0. The molecule has 0 saturated heterocycles. The van der Waals surface area contributed by atoms with Crippen LogP contribution in [0.5, 0.6) is 0 Å². The molecule has 0 aliphatic heterocycles. The van der Waals surface area contributed by atoms with Crippen molar-refractivity contribution >= 4 is 23.4 Å². The fraction of sp³-hybridized carbons (Fsp3) is 0.188. The number of nitrogens with one attached hydrogen (secondary N) is 1. The number of hydrogen-bond acceptors (Lipinski definition) is 2. The molecule has 2 nitrogen and oxygen atoms in total. The van der Waals surface area contributed by atoms with Crippen LogP contribution < -0.4 is 5.32 Å². The number of thioether (sulfide) groups is 1. The van der Waals surface area contributed by atoms with Gasteiger partial charge in [0.15, 0.2) is 0 Å². The lowest BCUT2D eigenvalue weighted by atomic mass is 10.2. The van der Waals surface area contributed by atoms with Gasteiger partial charge in [0.25, 0.3) is 0 Å². The van der Waals surface area contributed by atoms with Crippen LogP contribution in [0.4, 0.5) is 14.5 Å². The molecule has 2 aromatic carbocycles. The summed E-state index contributed by atoms with van der Waals surface area (Å²) in [6.07, 6.45) is 0. The number of rotatable bonds is 5. The van der Waals surface area contributed by atoms with E-state index in [-0.39, 0.29) is 0 Å². The van der Waals surface area contributed by atoms with Gasteiger partial charge in [-0.3, -0.25) is 4.79 Å². The molecule has 0 aliphatic rings. The second-order valence-electron chi connectivity index (χ2n) is 4.52. The zero-order valence-corrected chi connectivity index (χ0v) is 12.3. The van der Waals surface area contributed by atoms with Gasteiger partial charge in [-0.2, -0.15) is 0 Å². The molecular weight excluding hydrogens is 292 g/mol. The largest absolute Gasteiger partial charge is 0.320 e. The number of benzene rings is 2. The molecule has 2 aromatic rings. The average Bonchev–Trinajstić information content (AvgIpc) is 2.49. The van der Waals surface area contributed by atoms with Crippen molar-refractivity contribution in [2.45, 2.75) is 17.9 Å². The molecule has 0 spiro atoms. The van der Waals surface area contributed by atoms with E-state index < -0.39 is 28.5 Å². The van der Waals surface area contributed by atoms with E-state index in [0.717, 1.165) is 17.7 Å². The molecule has 0 aliphatic carbocycles. The van der Waals surface area contributed by atoms with E-state index in [1.165, 1.54) is 17.8 Å². The highest BCUT2D eigenvalue weighted by molar-refractivity contribution is 7.99. The second-order valence-corrected chi connectivity index (χ2v) is 5.85. The Morgan fingerprint density at radius 3 is 2.33 bits per heavy atom. The van der Waals surface area contributed by atoms with Gasteiger partial charge in [0.2, 0.25) is 5.91 Å². The zero-order valence-electron chi connectivity index (χ0n) is 11.5. The number of carbonyl (C=O) groups is 1. The van der Waals surface area contributed by atoms with E-state index in [9.17, 15) is 13.6 Å². The van der Waals surface area contributed by atoms with E-state index in [4.69, 9.17) is 0 Å². The van der Waals surface area contributed by atoms with Crippen LogP contribution in [0.1, 0.15) is 12.5 Å². The number of para-hydroxylation sites is 1. The van der Waals surface area contributed by atoms with Crippen LogP contribution in [-0.2, 0) is 10.5 Å². The van der Waals surface area contributed by atoms with Gasteiger partial charge in [0, 0.05) is 5.75 Å². The maximum atomic E-state index is 13.5. The molecule has 1 atom stereocenters. The standard InChI is InChI=1S/C16H15F2NOS/c1-11(21-10-12-6-3-2-4-7-12)16(20)19-15-13(17)8-5-9-14(15)18/h2-9,11H,10H2,1H3,(H,19,20). The van der Waals surface area contributed by atoms with Crippen molar-refractivity contribution < 1.29 is 13.6 Å². The van der Waals surface area contributed by atoms with Crippen LogP contribution in [-0.4, -0.2) is 11.2 Å².